The lowest BCUT2D eigenvalue weighted by molar-refractivity contribution is -0.123. The molecule has 0 spiro atoms. The Morgan fingerprint density at radius 3 is 2.20 bits per heavy atom. The van der Waals surface area contributed by atoms with Crippen LogP contribution >= 0.6 is 0 Å². The zero-order chi connectivity index (χ0) is 13.6. The minimum atomic E-state index is -0.180. The van der Waals surface area contributed by atoms with Crippen LogP contribution in [0.4, 0.5) is 0 Å². The molecule has 1 aliphatic heterocycles. The molecule has 2 aromatic carbocycles. The molecule has 0 saturated carbocycles. The van der Waals surface area contributed by atoms with Crippen molar-refractivity contribution in [2.24, 2.45) is 0 Å². The zero-order valence-electron chi connectivity index (χ0n) is 11.4. The minimum absolute atomic E-state index is 0.180. The molecule has 102 valence electrons. The van der Waals surface area contributed by atoms with E-state index < -0.39 is 0 Å². The Kier molecular flexibility index (Phi) is 4.14. The number of benzene rings is 2. The van der Waals surface area contributed by atoms with E-state index in [0.29, 0.717) is 6.61 Å². The summed E-state index contributed by atoms with van der Waals surface area (Å²) in [6.45, 7) is 0.625. The summed E-state index contributed by atoms with van der Waals surface area (Å²) in [6, 6.07) is 20.7. The first-order valence-corrected chi connectivity index (χ1v) is 6.95. The van der Waals surface area contributed by atoms with E-state index in [1.54, 1.807) is 0 Å². The molecule has 0 bridgehead atoms. The maximum Gasteiger partial charge on any atom is 0.203 e. The topological polar surface area (TPSA) is 18.5 Å². The van der Waals surface area contributed by atoms with Gasteiger partial charge in [0.05, 0.1) is 6.61 Å². The molecule has 2 nitrogen and oxygen atoms in total. The van der Waals surface area contributed by atoms with Crippen molar-refractivity contribution < 1.29 is 9.47 Å². The zero-order valence-corrected chi connectivity index (χ0v) is 11.4. The molecule has 3 rings (SSSR count). The highest BCUT2D eigenvalue weighted by molar-refractivity contribution is 5.20. The van der Waals surface area contributed by atoms with E-state index in [4.69, 9.17) is 9.47 Å². The van der Waals surface area contributed by atoms with Gasteiger partial charge in [-0.2, -0.15) is 0 Å². The van der Waals surface area contributed by atoms with Gasteiger partial charge in [0.2, 0.25) is 6.29 Å². The third-order valence-electron chi connectivity index (χ3n) is 3.34. The van der Waals surface area contributed by atoms with E-state index in [-0.39, 0.29) is 6.29 Å². The molecule has 1 atom stereocenters. The lowest BCUT2D eigenvalue weighted by Gasteiger charge is -2.25. The Hall–Kier alpha value is -2.06. The summed E-state index contributed by atoms with van der Waals surface area (Å²) in [5.41, 5.74) is 2.50. The van der Waals surface area contributed by atoms with Crippen molar-refractivity contribution in [2.45, 2.75) is 19.1 Å². The first-order chi connectivity index (χ1) is 9.90. The summed E-state index contributed by atoms with van der Waals surface area (Å²) in [5.74, 6) is 1.00. The highest BCUT2D eigenvalue weighted by atomic mass is 16.7. The predicted molar refractivity (Wildman–Crippen MR) is 79.2 cm³/mol. The maximum absolute atomic E-state index is 5.93. The first kappa shape index (κ1) is 12.9. The van der Waals surface area contributed by atoms with Crippen molar-refractivity contribution in [2.75, 3.05) is 6.61 Å². The SMILES string of the molecule is C1=C(Cc2ccccc2)OC(Cc2ccccc2)OC1. The molecular formula is C18H18O2. The van der Waals surface area contributed by atoms with Crippen molar-refractivity contribution in [3.63, 3.8) is 0 Å². The van der Waals surface area contributed by atoms with E-state index in [1.807, 2.05) is 30.3 Å². The molecule has 0 saturated heterocycles. The number of rotatable bonds is 4. The van der Waals surface area contributed by atoms with Crippen molar-refractivity contribution in [1.29, 1.82) is 0 Å². The molecular weight excluding hydrogens is 248 g/mol. The summed E-state index contributed by atoms with van der Waals surface area (Å²) in [6.07, 6.45) is 3.46. The molecule has 0 fully saturated rings. The summed E-state index contributed by atoms with van der Waals surface area (Å²) in [4.78, 5) is 0. The van der Waals surface area contributed by atoms with Crippen LogP contribution in [0.3, 0.4) is 0 Å². The Labute approximate surface area is 119 Å². The summed E-state index contributed by atoms with van der Waals surface area (Å²) >= 11 is 0. The van der Waals surface area contributed by atoms with E-state index in [2.05, 4.69) is 36.4 Å². The lowest BCUT2D eigenvalue weighted by Crippen LogP contribution is -2.24. The van der Waals surface area contributed by atoms with Crippen molar-refractivity contribution >= 4 is 0 Å². The monoisotopic (exact) mass is 266 g/mol. The normalized spacial score (nSPS) is 18.2. The van der Waals surface area contributed by atoms with Crippen LogP contribution < -0.4 is 0 Å². The van der Waals surface area contributed by atoms with Crippen LogP contribution in [0.2, 0.25) is 0 Å². The van der Waals surface area contributed by atoms with Gasteiger partial charge in [-0.05, 0) is 17.2 Å². The number of hydrogen-bond donors (Lipinski definition) is 0. The average Bonchev–Trinajstić information content (AvgIpc) is 2.50. The highest BCUT2D eigenvalue weighted by Gasteiger charge is 2.17. The van der Waals surface area contributed by atoms with Gasteiger partial charge in [0.1, 0.15) is 5.76 Å². The molecule has 0 aromatic heterocycles. The third-order valence-corrected chi connectivity index (χ3v) is 3.34. The van der Waals surface area contributed by atoms with Crippen LogP contribution in [0.5, 0.6) is 0 Å². The second kappa shape index (κ2) is 6.40. The summed E-state index contributed by atoms with van der Waals surface area (Å²) < 4.78 is 11.6. The predicted octanol–water partition coefficient (Wildman–Crippen LogP) is 3.73. The van der Waals surface area contributed by atoms with Crippen molar-refractivity contribution in [1.82, 2.24) is 0 Å². The van der Waals surface area contributed by atoms with Crippen LogP contribution in [0.25, 0.3) is 0 Å². The standard InChI is InChI=1S/C18H18O2/c1-3-7-15(8-4-1)13-17-11-12-19-18(20-17)14-16-9-5-2-6-10-16/h1-11,18H,12-14H2. The number of hydrogen-bond acceptors (Lipinski definition) is 2. The summed E-state index contributed by atoms with van der Waals surface area (Å²) in [7, 11) is 0. The number of ether oxygens (including phenoxy) is 2. The van der Waals surface area contributed by atoms with E-state index in [0.717, 1.165) is 18.6 Å². The van der Waals surface area contributed by atoms with Gasteiger partial charge < -0.3 is 9.47 Å². The molecule has 0 aliphatic carbocycles. The largest absolute Gasteiger partial charge is 0.469 e. The fraction of sp³-hybridized carbons (Fsp3) is 0.222. The smallest absolute Gasteiger partial charge is 0.203 e. The lowest BCUT2D eigenvalue weighted by atomic mass is 10.1. The molecule has 1 heterocycles. The second-order valence-corrected chi connectivity index (χ2v) is 4.90. The van der Waals surface area contributed by atoms with E-state index >= 15 is 0 Å². The quantitative estimate of drug-likeness (QED) is 0.839. The molecule has 0 radical (unpaired) electrons. The van der Waals surface area contributed by atoms with Crippen LogP contribution in [-0.2, 0) is 22.3 Å². The second-order valence-electron chi connectivity index (χ2n) is 4.90. The Balaban J connectivity index is 1.60. The van der Waals surface area contributed by atoms with Gasteiger partial charge in [0.25, 0.3) is 0 Å². The van der Waals surface area contributed by atoms with Gasteiger partial charge in [0, 0.05) is 12.8 Å². The van der Waals surface area contributed by atoms with Gasteiger partial charge >= 0.3 is 0 Å². The molecule has 1 aliphatic rings. The summed E-state index contributed by atoms with van der Waals surface area (Å²) in [5, 5.41) is 0. The van der Waals surface area contributed by atoms with Crippen molar-refractivity contribution in [3.8, 4) is 0 Å². The Morgan fingerprint density at radius 2 is 1.50 bits per heavy atom. The third kappa shape index (κ3) is 3.49. The van der Waals surface area contributed by atoms with Crippen LogP contribution in [0, 0.1) is 0 Å². The fourth-order valence-corrected chi connectivity index (χ4v) is 2.32. The van der Waals surface area contributed by atoms with Gasteiger partial charge in [-0.1, -0.05) is 60.7 Å². The van der Waals surface area contributed by atoms with Gasteiger partial charge in [0.15, 0.2) is 0 Å². The van der Waals surface area contributed by atoms with Crippen LogP contribution in [0.1, 0.15) is 11.1 Å². The van der Waals surface area contributed by atoms with Gasteiger partial charge in [-0.3, -0.25) is 0 Å². The molecule has 0 N–H and O–H groups in total. The Morgan fingerprint density at radius 1 is 0.850 bits per heavy atom. The maximum atomic E-state index is 5.93. The molecule has 2 heteroatoms. The van der Waals surface area contributed by atoms with E-state index in [1.165, 1.54) is 11.1 Å². The first-order valence-electron chi connectivity index (χ1n) is 6.95. The Bertz CT molecular complexity index is 560. The fourth-order valence-electron chi connectivity index (χ4n) is 2.32. The highest BCUT2D eigenvalue weighted by Crippen LogP contribution is 2.18. The molecule has 0 amide bonds. The van der Waals surface area contributed by atoms with Crippen LogP contribution in [-0.4, -0.2) is 12.9 Å². The van der Waals surface area contributed by atoms with Gasteiger partial charge in [-0.25, -0.2) is 0 Å². The molecule has 20 heavy (non-hydrogen) atoms. The molecule has 2 aromatic rings. The van der Waals surface area contributed by atoms with E-state index in [9.17, 15) is 0 Å². The van der Waals surface area contributed by atoms with Gasteiger partial charge in [-0.15, -0.1) is 0 Å². The number of allylic oxidation sites excluding steroid dienone is 1. The molecule has 1 unspecified atom stereocenters. The average molecular weight is 266 g/mol. The van der Waals surface area contributed by atoms with Crippen molar-refractivity contribution in [3.05, 3.63) is 83.6 Å². The van der Waals surface area contributed by atoms with Crippen LogP contribution in [0.15, 0.2) is 72.5 Å². The minimum Gasteiger partial charge on any atom is -0.469 e.